The van der Waals surface area contributed by atoms with Gasteiger partial charge in [-0.2, -0.15) is 0 Å². The van der Waals surface area contributed by atoms with Crippen LogP contribution in [0.4, 0.5) is 0 Å². The third kappa shape index (κ3) is 3.50. The Kier molecular flexibility index (Phi) is 6.98. The van der Waals surface area contributed by atoms with Gasteiger partial charge in [-0.3, -0.25) is 0 Å². The molecular formula is C22H30O6S. The Morgan fingerprint density at radius 3 is 2.38 bits per heavy atom. The molecule has 0 spiro atoms. The van der Waals surface area contributed by atoms with E-state index in [1.165, 1.54) is 4.88 Å². The summed E-state index contributed by atoms with van der Waals surface area (Å²) in [4.78, 5) is 2.18. The molecule has 0 amide bonds. The average molecular weight is 423 g/mol. The molecule has 3 rings (SSSR count). The number of thiophene rings is 1. The second-order valence-electron chi connectivity index (χ2n) is 6.90. The summed E-state index contributed by atoms with van der Waals surface area (Å²) in [6, 6.07) is 4.14. The van der Waals surface area contributed by atoms with Crippen molar-refractivity contribution in [1.29, 1.82) is 0 Å². The van der Waals surface area contributed by atoms with Crippen LogP contribution in [-0.4, -0.2) is 59.3 Å². The van der Waals surface area contributed by atoms with Crippen LogP contribution in [0, 0.1) is 6.92 Å². The highest BCUT2D eigenvalue weighted by molar-refractivity contribution is 7.13. The molecule has 29 heavy (non-hydrogen) atoms. The van der Waals surface area contributed by atoms with Gasteiger partial charge in [0.05, 0.1) is 19.8 Å². The minimum absolute atomic E-state index is 0.0866. The van der Waals surface area contributed by atoms with E-state index < -0.39 is 11.6 Å². The smallest absolute Gasteiger partial charge is 0.288 e. The van der Waals surface area contributed by atoms with Crippen molar-refractivity contribution >= 4 is 16.9 Å². The lowest BCUT2D eigenvalue weighted by atomic mass is 9.81. The molecule has 0 radical (unpaired) electrons. The molecule has 1 aliphatic carbocycles. The molecule has 0 N–H and O–H groups in total. The Bertz CT molecular complexity index is 785. The zero-order chi connectivity index (χ0) is 21.1. The Labute approximate surface area is 176 Å². The standard InChI is InChI=1S/C22H30O6S/c1-7-12-28-21(24-4)19(23-3)14-16(17-9-8-13-27-17)20(22(21,25-5)26-6)18-11-10-15(2)29-18/h7,10-11,14,17H,1,8-9,12-13H2,2-6H3. The summed E-state index contributed by atoms with van der Waals surface area (Å²) in [5.41, 5.74) is 1.79. The van der Waals surface area contributed by atoms with Crippen LogP contribution in [0.2, 0.25) is 0 Å². The Hall–Kier alpha value is -1.48. The second kappa shape index (κ2) is 9.12. The molecule has 2 heterocycles. The van der Waals surface area contributed by atoms with E-state index in [4.69, 9.17) is 28.4 Å². The van der Waals surface area contributed by atoms with E-state index in [9.17, 15) is 0 Å². The van der Waals surface area contributed by atoms with E-state index in [0.717, 1.165) is 35.5 Å². The maximum absolute atomic E-state index is 6.19. The maximum Gasteiger partial charge on any atom is 0.288 e. The first-order valence-electron chi connectivity index (χ1n) is 9.63. The highest BCUT2D eigenvalue weighted by Crippen LogP contribution is 2.53. The predicted molar refractivity (Wildman–Crippen MR) is 113 cm³/mol. The molecule has 1 aromatic rings. The Morgan fingerprint density at radius 1 is 1.17 bits per heavy atom. The van der Waals surface area contributed by atoms with Crippen molar-refractivity contribution in [1.82, 2.24) is 0 Å². The van der Waals surface area contributed by atoms with Gasteiger partial charge in [0.25, 0.3) is 11.6 Å². The number of ether oxygens (including phenoxy) is 6. The lowest BCUT2D eigenvalue weighted by Gasteiger charge is -2.50. The van der Waals surface area contributed by atoms with E-state index >= 15 is 0 Å². The number of hydrogen-bond donors (Lipinski definition) is 0. The summed E-state index contributed by atoms with van der Waals surface area (Å²) in [6.45, 7) is 6.77. The van der Waals surface area contributed by atoms with Gasteiger partial charge in [-0.1, -0.05) is 6.08 Å². The van der Waals surface area contributed by atoms with Gasteiger partial charge >= 0.3 is 0 Å². The van der Waals surface area contributed by atoms with Crippen LogP contribution in [0.15, 0.2) is 42.2 Å². The highest BCUT2D eigenvalue weighted by Gasteiger charge is 2.65. The van der Waals surface area contributed by atoms with Gasteiger partial charge in [-0.15, -0.1) is 17.9 Å². The highest BCUT2D eigenvalue weighted by atomic mass is 32.1. The van der Waals surface area contributed by atoms with Gasteiger partial charge in [0.15, 0.2) is 5.76 Å². The molecule has 2 aliphatic rings. The maximum atomic E-state index is 6.19. The second-order valence-corrected chi connectivity index (χ2v) is 8.19. The van der Waals surface area contributed by atoms with Gasteiger partial charge in [-0.05, 0) is 43.5 Å². The van der Waals surface area contributed by atoms with E-state index in [0.29, 0.717) is 5.76 Å². The van der Waals surface area contributed by atoms with Crippen LogP contribution in [0.1, 0.15) is 22.6 Å². The topological polar surface area (TPSA) is 55.4 Å². The largest absolute Gasteiger partial charge is 0.495 e. The molecule has 0 bridgehead atoms. The van der Waals surface area contributed by atoms with Crippen molar-refractivity contribution in [3.05, 3.63) is 52.0 Å². The number of methoxy groups -OCH3 is 4. The third-order valence-electron chi connectivity index (χ3n) is 5.41. The molecule has 1 aliphatic heterocycles. The van der Waals surface area contributed by atoms with Crippen LogP contribution >= 0.6 is 11.3 Å². The quantitative estimate of drug-likeness (QED) is 0.442. The number of rotatable bonds is 9. The van der Waals surface area contributed by atoms with Gasteiger partial charge in [0.1, 0.15) is 0 Å². The summed E-state index contributed by atoms with van der Waals surface area (Å²) in [7, 11) is 6.30. The lowest BCUT2D eigenvalue weighted by Crippen LogP contribution is -2.63. The van der Waals surface area contributed by atoms with Crippen molar-refractivity contribution in [3.63, 3.8) is 0 Å². The zero-order valence-electron chi connectivity index (χ0n) is 17.8. The van der Waals surface area contributed by atoms with Crippen molar-refractivity contribution in [3.8, 4) is 0 Å². The van der Waals surface area contributed by atoms with Crippen molar-refractivity contribution in [2.24, 2.45) is 0 Å². The predicted octanol–water partition coefficient (Wildman–Crippen LogP) is 4.07. The summed E-state index contributed by atoms with van der Waals surface area (Å²) in [6.07, 6.45) is 5.42. The first-order valence-corrected chi connectivity index (χ1v) is 10.4. The first-order chi connectivity index (χ1) is 14.0. The first kappa shape index (κ1) is 22.2. The average Bonchev–Trinajstić information content (AvgIpc) is 3.42. The van der Waals surface area contributed by atoms with Gasteiger partial charge in [-0.25, -0.2) is 0 Å². The van der Waals surface area contributed by atoms with Gasteiger partial charge in [0.2, 0.25) is 0 Å². The molecule has 1 saturated heterocycles. The van der Waals surface area contributed by atoms with E-state index in [2.05, 4.69) is 25.6 Å². The van der Waals surface area contributed by atoms with Crippen LogP contribution < -0.4 is 0 Å². The van der Waals surface area contributed by atoms with Crippen LogP contribution in [-0.2, 0) is 28.4 Å². The Morgan fingerprint density at radius 2 is 1.90 bits per heavy atom. The van der Waals surface area contributed by atoms with E-state index in [1.54, 1.807) is 45.9 Å². The molecule has 0 saturated carbocycles. The molecular weight excluding hydrogens is 392 g/mol. The SMILES string of the molecule is C=CCOC1(OC)C(OC)=CC(C2CCCO2)=C(c2ccc(C)s2)C1(OC)OC. The van der Waals surface area contributed by atoms with E-state index in [-0.39, 0.29) is 12.7 Å². The van der Waals surface area contributed by atoms with Crippen molar-refractivity contribution in [2.75, 3.05) is 41.7 Å². The van der Waals surface area contributed by atoms with Crippen molar-refractivity contribution in [2.45, 2.75) is 37.4 Å². The van der Waals surface area contributed by atoms with Crippen molar-refractivity contribution < 1.29 is 28.4 Å². The molecule has 6 nitrogen and oxygen atoms in total. The molecule has 0 aromatic carbocycles. The minimum atomic E-state index is -1.46. The summed E-state index contributed by atoms with van der Waals surface area (Å²) in [5, 5.41) is 0. The fraction of sp³-hybridized carbons (Fsp3) is 0.545. The van der Waals surface area contributed by atoms with Gasteiger partial charge < -0.3 is 28.4 Å². The summed E-state index contributed by atoms with van der Waals surface area (Å²) < 4.78 is 36.2. The minimum Gasteiger partial charge on any atom is -0.495 e. The summed E-state index contributed by atoms with van der Waals surface area (Å²) in [5.74, 6) is -2.42. The van der Waals surface area contributed by atoms with Gasteiger partial charge in [0, 0.05) is 43.3 Å². The molecule has 7 heteroatoms. The third-order valence-corrected chi connectivity index (χ3v) is 6.43. The molecule has 2 unspecified atom stereocenters. The van der Waals surface area contributed by atoms with Crippen LogP contribution in [0.25, 0.3) is 5.57 Å². The molecule has 160 valence electrons. The Balaban J connectivity index is 2.34. The van der Waals surface area contributed by atoms with Crippen LogP contribution in [0.5, 0.6) is 0 Å². The number of aryl methyl sites for hydroxylation is 1. The molecule has 1 aromatic heterocycles. The van der Waals surface area contributed by atoms with E-state index in [1.807, 2.05) is 6.08 Å². The fourth-order valence-electron chi connectivity index (χ4n) is 4.16. The molecule has 2 atom stereocenters. The summed E-state index contributed by atoms with van der Waals surface area (Å²) >= 11 is 1.66. The fourth-order valence-corrected chi connectivity index (χ4v) is 5.13. The molecule has 1 fully saturated rings. The van der Waals surface area contributed by atoms with Crippen LogP contribution in [0.3, 0.4) is 0 Å². The lowest BCUT2D eigenvalue weighted by molar-refractivity contribution is -0.359. The number of hydrogen-bond acceptors (Lipinski definition) is 7. The zero-order valence-corrected chi connectivity index (χ0v) is 18.6. The normalized spacial score (nSPS) is 26.5. The monoisotopic (exact) mass is 422 g/mol.